The van der Waals surface area contributed by atoms with Gasteiger partial charge in [-0.1, -0.05) is 6.08 Å². The van der Waals surface area contributed by atoms with E-state index < -0.39 is 0 Å². The number of hydrogen-bond donors (Lipinski definition) is 1. The first-order chi connectivity index (χ1) is 6.65. The normalized spacial score (nSPS) is 11.9. The molecular formula is C10H11IN2O. The Hall–Kier alpha value is -0.910. The molecular weight excluding hydrogens is 291 g/mol. The van der Waals surface area contributed by atoms with E-state index in [1.807, 2.05) is 6.92 Å². The van der Waals surface area contributed by atoms with Crippen LogP contribution in [0, 0.1) is 3.57 Å². The van der Waals surface area contributed by atoms with Crippen molar-refractivity contribution in [2.45, 2.75) is 13.0 Å². The largest absolute Gasteiger partial charge is 0.346 e. The number of nitrogens with zero attached hydrogens (tertiary/aromatic N) is 1. The van der Waals surface area contributed by atoms with Crippen LogP contribution in [0.25, 0.3) is 0 Å². The first-order valence-electron chi connectivity index (χ1n) is 4.18. The molecule has 4 heteroatoms. The van der Waals surface area contributed by atoms with Crippen LogP contribution >= 0.6 is 22.6 Å². The zero-order valence-electron chi connectivity index (χ0n) is 7.83. The lowest BCUT2D eigenvalue weighted by molar-refractivity contribution is 0.0946. The van der Waals surface area contributed by atoms with Crippen molar-refractivity contribution in [3.63, 3.8) is 0 Å². The summed E-state index contributed by atoms with van der Waals surface area (Å²) in [6.45, 7) is 5.47. The van der Waals surface area contributed by atoms with Crippen molar-refractivity contribution in [1.82, 2.24) is 10.3 Å². The number of rotatable bonds is 3. The Morgan fingerprint density at radius 1 is 1.79 bits per heavy atom. The predicted molar refractivity (Wildman–Crippen MR) is 64.1 cm³/mol. The van der Waals surface area contributed by atoms with Crippen molar-refractivity contribution >= 4 is 28.5 Å². The second-order valence-corrected chi connectivity index (χ2v) is 4.02. The SMILES string of the molecule is C=C[C@@H](C)NC(=O)c1ccncc1I. The molecule has 1 N–H and O–H groups in total. The Morgan fingerprint density at radius 2 is 2.50 bits per heavy atom. The molecule has 1 aromatic rings. The molecule has 0 aromatic carbocycles. The third-order valence-corrected chi connectivity index (χ3v) is 2.59. The maximum absolute atomic E-state index is 11.6. The molecule has 0 bridgehead atoms. The van der Waals surface area contributed by atoms with Crippen molar-refractivity contribution < 1.29 is 4.79 Å². The third-order valence-electron chi connectivity index (χ3n) is 1.73. The summed E-state index contributed by atoms with van der Waals surface area (Å²) in [5.41, 5.74) is 0.648. The van der Waals surface area contributed by atoms with Gasteiger partial charge in [0.2, 0.25) is 0 Å². The van der Waals surface area contributed by atoms with Crippen LogP contribution in [0.15, 0.2) is 31.1 Å². The molecule has 0 saturated heterocycles. The lowest BCUT2D eigenvalue weighted by Gasteiger charge is -2.09. The smallest absolute Gasteiger partial charge is 0.252 e. The minimum Gasteiger partial charge on any atom is -0.346 e. The summed E-state index contributed by atoms with van der Waals surface area (Å²) in [5, 5.41) is 2.80. The molecule has 0 fully saturated rings. The Balaban J connectivity index is 2.80. The predicted octanol–water partition coefficient (Wildman–Crippen LogP) is 1.99. The number of amides is 1. The van der Waals surface area contributed by atoms with Gasteiger partial charge in [-0.3, -0.25) is 9.78 Å². The van der Waals surface area contributed by atoms with Gasteiger partial charge in [0.25, 0.3) is 5.91 Å². The molecule has 1 amide bonds. The van der Waals surface area contributed by atoms with Gasteiger partial charge >= 0.3 is 0 Å². The van der Waals surface area contributed by atoms with Crippen molar-refractivity contribution in [2.75, 3.05) is 0 Å². The molecule has 14 heavy (non-hydrogen) atoms. The van der Waals surface area contributed by atoms with Gasteiger partial charge in [-0.05, 0) is 35.6 Å². The summed E-state index contributed by atoms with van der Waals surface area (Å²) >= 11 is 2.09. The fourth-order valence-corrected chi connectivity index (χ4v) is 1.49. The van der Waals surface area contributed by atoms with E-state index in [-0.39, 0.29) is 11.9 Å². The maximum atomic E-state index is 11.6. The summed E-state index contributed by atoms with van der Waals surface area (Å²) in [7, 11) is 0. The third kappa shape index (κ3) is 2.80. The molecule has 1 rings (SSSR count). The maximum Gasteiger partial charge on any atom is 0.252 e. The molecule has 0 spiro atoms. The van der Waals surface area contributed by atoms with Crippen LogP contribution in [0.2, 0.25) is 0 Å². The van der Waals surface area contributed by atoms with Gasteiger partial charge in [0, 0.05) is 22.0 Å². The highest BCUT2D eigenvalue weighted by atomic mass is 127. The van der Waals surface area contributed by atoms with Gasteiger partial charge in [-0.25, -0.2) is 0 Å². The highest BCUT2D eigenvalue weighted by Gasteiger charge is 2.10. The Bertz CT molecular complexity index is 352. The fraction of sp³-hybridized carbons (Fsp3) is 0.200. The number of carbonyl (C=O) groups is 1. The lowest BCUT2D eigenvalue weighted by atomic mass is 10.2. The minimum absolute atomic E-state index is 0.0218. The monoisotopic (exact) mass is 302 g/mol. The van der Waals surface area contributed by atoms with Gasteiger partial charge in [-0.2, -0.15) is 0 Å². The number of halogens is 1. The second-order valence-electron chi connectivity index (χ2n) is 2.85. The van der Waals surface area contributed by atoms with E-state index in [2.05, 4.69) is 39.5 Å². The molecule has 74 valence electrons. The fourth-order valence-electron chi connectivity index (χ4n) is 0.903. The van der Waals surface area contributed by atoms with Gasteiger partial charge < -0.3 is 5.32 Å². The van der Waals surface area contributed by atoms with Gasteiger partial charge in [0.05, 0.1) is 5.56 Å². The van der Waals surface area contributed by atoms with E-state index in [0.717, 1.165) is 3.57 Å². The molecule has 3 nitrogen and oxygen atoms in total. The van der Waals surface area contributed by atoms with Crippen LogP contribution in [-0.2, 0) is 0 Å². The van der Waals surface area contributed by atoms with E-state index in [9.17, 15) is 4.79 Å². The summed E-state index contributed by atoms with van der Waals surface area (Å²) in [4.78, 5) is 15.6. The standard InChI is InChI=1S/C10H11IN2O/c1-3-7(2)13-10(14)8-4-5-12-6-9(8)11/h3-7H,1H2,2H3,(H,13,14)/t7-/m1/s1. The van der Waals surface area contributed by atoms with Crippen LogP contribution in [0.4, 0.5) is 0 Å². The summed E-state index contributed by atoms with van der Waals surface area (Å²) in [6.07, 6.45) is 4.95. The number of hydrogen-bond acceptors (Lipinski definition) is 2. The van der Waals surface area contributed by atoms with Crippen molar-refractivity contribution in [3.05, 3.63) is 40.2 Å². The van der Waals surface area contributed by atoms with Gasteiger partial charge in [-0.15, -0.1) is 6.58 Å². The summed E-state index contributed by atoms with van der Waals surface area (Å²) in [5.74, 6) is -0.0933. The Labute approximate surface area is 96.8 Å². The first-order valence-corrected chi connectivity index (χ1v) is 5.26. The molecule has 1 heterocycles. The highest BCUT2D eigenvalue weighted by Crippen LogP contribution is 2.09. The Kier molecular flexibility index (Phi) is 4.06. The quantitative estimate of drug-likeness (QED) is 0.685. The molecule has 0 unspecified atom stereocenters. The van der Waals surface area contributed by atoms with Gasteiger partial charge in [0.1, 0.15) is 0 Å². The Morgan fingerprint density at radius 3 is 3.07 bits per heavy atom. The molecule has 0 saturated carbocycles. The van der Waals surface area contributed by atoms with E-state index in [0.29, 0.717) is 5.56 Å². The molecule has 0 aliphatic heterocycles. The van der Waals surface area contributed by atoms with Crippen LogP contribution in [0.5, 0.6) is 0 Å². The number of aromatic nitrogens is 1. The zero-order valence-corrected chi connectivity index (χ0v) is 9.98. The van der Waals surface area contributed by atoms with Crippen molar-refractivity contribution in [2.24, 2.45) is 0 Å². The zero-order chi connectivity index (χ0) is 10.6. The van der Waals surface area contributed by atoms with E-state index in [4.69, 9.17) is 0 Å². The van der Waals surface area contributed by atoms with Crippen LogP contribution in [0.3, 0.4) is 0 Å². The summed E-state index contributed by atoms with van der Waals surface area (Å²) < 4.78 is 0.846. The topological polar surface area (TPSA) is 42.0 Å². The molecule has 0 aliphatic carbocycles. The van der Waals surface area contributed by atoms with Gasteiger partial charge in [0.15, 0.2) is 0 Å². The molecule has 1 atom stereocenters. The number of pyridine rings is 1. The van der Waals surface area contributed by atoms with Crippen molar-refractivity contribution in [1.29, 1.82) is 0 Å². The second kappa shape index (κ2) is 5.09. The van der Waals surface area contributed by atoms with Crippen molar-refractivity contribution in [3.8, 4) is 0 Å². The minimum atomic E-state index is -0.0933. The van der Waals surface area contributed by atoms with Crippen LogP contribution < -0.4 is 5.32 Å². The van der Waals surface area contributed by atoms with Crippen LogP contribution in [-0.4, -0.2) is 16.9 Å². The molecule has 0 aliphatic rings. The molecule has 0 radical (unpaired) electrons. The number of carbonyl (C=O) groups excluding carboxylic acids is 1. The van der Waals surface area contributed by atoms with E-state index in [1.54, 1.807) is 24.5 Å². The van der Waals surface area contributed by atoms with Crippen LogP contribution in [0.1, 0.15) is 17.3 Å². The molecule has 1 aromatic heterocycles. The van der Waals surface area contributed by atoms with E-state index in [1.165, 1.54) is 0 Å². The average molecular weight is 302 g/mol. The van der Waals surface area contributed by atoms with E-state index >= 15 is 0 Å². The number of nitrogens with one attached hydrogen (secondary N) is 1. The summed E-state index contributed by atoms with van der Waals surface area (Å²) in [6, 6.07) is 1.68. The highest BCUT2D eigenvalue weighted by molar-refractivity contribution is 14.1. The average Bonchev–Trinajstić information content (AvgIpc) is 2.18. The lowest BCUT2D eigenvalue weighted by Crippen LogP contribution is -2.31. The first kappa shape index (κ1) is 11.2.